The maximum atomic E-state index is 11.2. The van der Waals surface area contributed by atoms with Gasteiger partial charge in [-0.1, -0.05) is 11.6 Å². The molecular formula is C13H18ClNO2S. The first-order valence-corrected chi connectivity index (χ1v) is 7.39. The van der Waals surface area contributed by atoms with Gasteiger partial charge in [-0.15, -0.1) is 11.3 Å². The van der Waals surface area contributed by atoms with E-state index < -0.39 is 11.4 Å². The molecule has 1 aromatic rings. The highest BCUT2D eigenvalue weighted by molar-refractivity contribution is 7.14. The maximum absolute atomic E-state index is 11.2. The van der Waals surface area contributed by atoms with Crippen molar-refractivity contribution in [3.05, 3.63) is 21.3 Å². The molecule has 0 aliphatic carbocycles. The minimum absolute atomic E-state index is 0.312. The van der Waals surface area contributed by atoms with E-state index in [1.54, 1.807) is 11.3 Å². The molecule has 0 saturated carbocycles. The molecule has 5 heteroatoms. The lowest BCUT2D eigenvalue weighted by atomic mass is 9.80. The number of carboxylic acids is 1. The summed E-state index contributed by atoms with van der Waals surface area (Å²) in [6.45, 7) is 5.66. The predicted octanol–water partition coefficient (Wildman–Crippen LogP) is 3.65. The molecule has 0 amide bonds. The van der Waals surface area contributed by atoms with Crippen molar-refractivity contribution in [2.45, 2.75) is 32.7 Å². The van der Waals surface area contributed by atoms with Crippen LogP contribution in [0.2, 0.25) is 4.34 Å². The molecule has 1 aliphatic rings. The van der Waals surface area contributed by atoms with Crippen LogP contribution in [0.15, 0.2) is 11.4 Å². The molecule has 1 atom stereocenters. The van der Waals surface area contributed by atoms with E-state index in [0.29, 0.717) is 18.9 Å². The summed E-state index contributed by atoms with van der Waals surface area (Å²) in [6, 6.07) is 2.31. The average Bonchev–Trinajstić information content (AvgIpc) is 2.76. The molecule has 1 aromatic heterocycles. The third kappa shape index (κ3) is 2.71. The van der Waals surface area contributed by atoms with Crippen molar-refractivity contribution >= 4 is 28.9 Å². The number of aliphatic carboxylic acids is 1. The maximum Gasteiger partial charge on any atom is 0.309 e. The highest BCUT2D eigenvalue weighted by Crippen LogP contribution is 2.36. The van der Waals surface area contributed by atoms with Crippen molar-refractivity contribution in [3.8, 4) is 0 Å². The molecule has 0 aromatic carbocycles. The molecule has 18 heavy (non-hydrogen) atoms. The quantitative estimate of drug-likeness (QED) is 0.922. The fourth-order valence-electron chi connectivity index (χ4n) is 2.37. The first-order chi connectivity index (χ1) is 8.42. The van der Waals surface area contributed by atoms with Gasteiger partial charge in [0.2, 0.25) is 0 Å². The fraction of sp³-hybridized carbons (Fsp3) is 0.615. The van der Waals surface area contributed by atoms with Crippen LogP contribution in [0.4, 0.5) is 0 Å². The Hall–Kier alpha value is -0.580. The van der Waals surface area contributed by atoms with E-state index in [1.807, 2.05) is 13.0 Å². The predicted molar refractivity (Wildman–Crippen MR) is 74.3 cm³/mol. The molecule has 2 rings (SSSR count). The second-order valence-corrected chi connectivity index (χ2v) is 6.80. The zero-order chi connectivity index (χ0) is 13.3. The summed E-state index contributed by atoms with van der Waals surface area (Å²) in [5, 5.41) is 11.3. The third-order valence-corrected chi connectivity index (χ3v) is 5.15. The van der Waals surface area contributed by atoms with Crippen LogP contribution < -0.4 is 0 Å². The summed E-state index contributed by atoms with van der Waals surface area (Å²) < 4.78 is 0.809. The Bertz CT molecular complexity index is 438. The second kappa shape index (κ2) is 5.19. The largest absolute Gasteiger partial charge is 0.481 e. The van der Waals surface area contributed by atoms with Crippen LogP contribution in [-0.4, -0.2) is 29.1 Å². The lowest BCUT2D eigenvalue weighted by Gasteiger charge is -2.39. The average molecular weight is 288 g/mol. The van der Waals surface area contributed by atoms with Crippen LogP contribution in [-0.2, 0) is 4.79 Å². The molecule has 1 aliphatic heterocycles. The Kier molecular flexibility index (Phi) is 3.99. The molecule has 1 unspecified atom stereocenters. The monoisotopic (exact) mass is 287 g/mol. The number of nitrogens with zero attached hydrogens (tertiary/aromatic N) is 1. The molecule has 2 heterocycles. The standard InChI is InChI=1S/C13H18ClNO2S/c1-9(10-7-11(14)18-8-10)15-5-3-13(2,4-6-15)12(16)17/h7-9H,3-6H2,1-2H3,(H,16,17). The minimum atomic E-state index is -0.673. The number of rotatable bonds is 3. The SMILES string of the molecule is CC(c1csc(Cl)c1)N1CCC(C)(C(=O)O)CC1. The number of hydrogen-bond donors (Lipinski definition) is 1. The van der Waals surface area contributed by atoms with Gasteiger partial charge in [0, 0.05) is 6.04 Å². The Balaban J connectivity index is 2.00. The smallest absolute Gasteiger partial charge is 0.309 e. The van der Waals surface area contributed by atoms with Gasteiger partial charge >= 0.3 is 5.97 Å². The number of carboxylic acid groups (broad SMARTS) is 1. The number of piperidine rings is 1. The summed E-state index contributed by atoms with van der Waals surface area (Å²) in [5.74, 6) is -0.673. The van der Waals surface area contributed by atoms with E-state index in [-0.39, 0.29) is 0 Å². The van der Waals surface area contributed by atoms with E-state index in [2.05, 4.69) is 17.2 Å². The molecule has 100 valence electrons. The van der Waals surface area contributed by atoms with Gasteiger partial charge in [0.05, 0.1) is 9.75 Å². The Morgan fingerprint density at radius 1 is 1.56 bits per heavy atom. The highest BCUT2D eigenvalue weighted by Gasteiger charge is 2.37. The van der Waals surface area contributed by atoms with Crippen LogP contribution in [0.1, 0.15) is 38.3 Å². The van der Waals surface area contributed by atoms with Gasteiger partial charge in [0.25, 0.3) is 0 Å². The molecule has 1 fully saturated rings. The Morgan fingerprint density at radius 3 is 2.61 bits per heavy atom. The van der Waals surface area contributed by atoms with Crippen molar-refractivity contribution in [2.75, 3.05) is 13.1 Å². The number of thiophene rings is 1. The molecule has 1 saturated heterocycles. The Morgan fingerprint density at radius 2 is 2.17 bits per heavy atom. The zero-order valence-corrected chi connectivity index (χ0v) is 12.2. The molecule has 1 N–H and O–H groups in total. The summed E-state index contributed by atoms with van der Waals surface area (Å²) in [6.07, 6.45) is 1.43. The summed E-state index contributed by atoms with van der Waals surface area (Å²) in [7, 11) is 0. The first kappa shape index (κ1) is 13.8. The molecule has 0 spiro atoms. The highest BCUT2D eigenvalue weighted by atomic mass is 35.5. The normalized spacial score (nSPS) is 21.7. The van der Waals surface area contributed by atoms with Gasteiger partial charge in [-0.25, -0.2) is 0 Å². The third-order valence-electron chi connectivity index (χ3n) is 4.04. The van der Waals surface area contributed by atoms with E-state index in [0.717, 1.165) is 17.4 Å². The lowest BCUT2D eigenvalue weighted by molar-refractivity contribution is -0.151. The van der Waals surface area contributed by atoms with Crippen LogP contribution in [0.25, 0.3) is 0 Å². The number of carbonyl (C=O) groups is 1. The van der Waals surface area contributed by atoms with E-state index in [9.17, 15) is 9.90 Å². The molecular weight excluding hydrogens is 270 g/mol. The number of likely N-dealkylation sites (tertiary alicyclic amines) is 1. The van der Waals surface area contributed by atoms with Crippen molar-refractivity contribution in [1.82, 2.24) is 4.90 Å². The fourth-order valence-corrected chi connectivity index (χ4v) is 3.35. The van der Waals surface area contributed by atoms with Crippen molar-refractivity contribution < 1.29 is 9.90 Å². The lowest BCUT2D eigenvalue weighted by Crippen LogP contribution is -2.43. The zero-order valence-electron chi connectivity index (χ0n) is 10.6. The van der Waals surface area contributed by atoms with Crippen LogP contribution in [0.3, 0.4) is 0 Å². The van der Waals surface area contributed by atoms with Crippen LogP contribution in [0, 0.1) is 5.41 Å². The van der Waals surface area contributed by atoms with Crippen molar-refractivity contribution in [3.63, 3.8) is 0 Å². The summed E-state index contributed by atoms with van der Waals surface area (Å²) in [4.78, 5) is 13.5. The van der Waals surface area contributed by atoms with Crippen molar-refractivity contribution in [2.24, 2.45) is 5.41 Å². The Labute approximate surface area is 116 Å². The van der Waals surface area contributed by atoms with Gasteiger partial charge in [-0.3, -0.25) is 9.69 Å². The van der Waals surface area contributed by atoms with Gasteiger partial charge in [0.1, 0.15) is 0 Å². The van der Waals surface area contributed by atoms with E-state index >= 15 is 0 Å². The minimum Gasteiger partial charge on any atom is -0.481 e. The number of hydrogen-bond acceptors (Lipinski definition) is 3. The van der Waals surface area contributed by atoms with Crippen LogP contribution in [0.5, 0.6) is 0 Å². The van der Waals surface area contributed by atoms with Crippen molar-refractivity contribution in [1.29, 1.82) is 0 Å². The molecule has 0 radical (unpaired) electrons. The van der Waals surface area contributed by atoms with Gasteiger partial charge < -0.3 is 5.11 Å². The molecule has 0 bridgehead atoms. The summed E-state index contributed by atoms with van der Waals surface area (Å²) >= 11 is 7.50. The van der Waals surface area contributed by atoms with Gasteiger partial charge in [0.15, 0.2) is 0 Å². The van der Waals surface area contributed by atoms with Crippen LogP contribution >= 0.6 is 22.9 Å². The van der Waals surface area contributed by atoms with E-state index in [4.69, 9.17) is 11.6 Å². The molecule has 3 nitrogen and oxygen atoms in total. The van der Waals surface area contributed by atoms with Gasteiger partial charge in [-0.2, -0.15) is 0 Å². The topological polar surface area (TPSA) is 40.5 Å². The summed E-state index contributed by atoms with van der Waals surface area (Å²) in [5.41, 5.74) is 0.673. The second-order valence-electron chi connectivity index (χ2n) is 5.26. The number of halogens is 1. The van der Waals surface area contributed by atoms with E-state index in [1.165, 1.54) is 5.56 Å². The van der Waals surface area contributed by atoms with Gasteiger partial charge in [-0.05, 0) is 56.8 Å². The first-order valence-electron chi connectivity index (χ1n) is 6.14.